The summed E-state index contributed by atoms with van der Waals surface area (Å²) in [6.45, 7) is 4.11. The third-order valence-corrected chi connectivity index (χ3v) is 3.55. The standard InChI is InChI=1S/C14H20N2O/c1-11-4-5-12(10-17)14(8-11)16-7-6-13(9-16)15(2)3/h4-5,8,10,13H,6-7,9H2,1-3H3/t13-/m0/s1. The van der Waals surface area contributed by atoms with E-state index in [0.29, 0.717) is 6.04 Å². The van der Waals surface area contributed by atoms with Crippen molar-refractivity contribution in [1.82, 2.24) is 4.90 Å². The van der Waals surface area contributed by atoms with Crippen LogP contribution in [0.4, 0.5) is 5.69 Å². The largest absolute Gasteiger partial charge is 0.369 e. The number of carbonyl (C=O) groups is 1. The van der Waals surface area contributed by atoms with Gasteiger partial charge in [0.2, 0.25) is 0 Å². The second-order valence-electron chi connectivity index (χ2n) is 5.03. The maximum Gasteiger partial charge on any atom is 0.152 e. The van der Waals surface area contributed by atoms with Crippen molar-refractivity contribution in [2.45, 2.75) is 19.4 Å². The van der Waals surface area contributed by atoms with Gasteiger partial charge in [0.1, 0.15) is 0 Å². The van der Waals surface area contributed by atoms with Gasteiger partial charge < -0.3 is 9.80 Å². The van der Waals surface area contributed by atoms with E-state index in [0.717, 1.165) is 30.6 Å². The normalized spacial score (nSPS) is 20.0. The van der Waals surface area contributed by atoms with Crippen LogP contribution in [-0.2, 0) is 0 Å². The fourth-order valence-electron chi connectivity index (χ4n) is 2.41. The van der Waals surface area contributed by atoms with E-state index < -0.39 is 0 Å². The molecule has 0 N–H and O–H groups in total. The quantitative estimate of drug-likeness (QED) is 0.744. The van der Waals surface area contributed by atoms with Gasteiger partial charge in [-0.3, -0.25) is 4.79 Å². The highest BCUT2D eigenvalue weighted by molar-refractivity contribution is 5.85. The first kappa shape index (κ1) is 12.1. The first-order valence-corrected chi connectivity index (χ1v) is 6.09. The van der Waals surface area contributed by atoms with Crippen molar-refractivity contribution >= 4 is 12.0 Å². The number of rotatable bonds is 3. The zero-order valence-electron chi connectivity index (χ0n) is 10.8. The second kappa shape index (κ2) is 4.88. The molecule has 3 heteroatoms. The van der Waals surface area contributed by atoms with Crippen molar-refractivity contribution in [1.29, 1.82) is 0 Å². The van der Waals surface area contributed by atoms with Gasteiger partial charge in [-0.2, -0.15) is 0 Å². The van der Waals surface area contributed by atoms with Gasteiger partial charge in [-0.05, 0) is 45.1 Å². The van der Waals surface area contributed by atoms with Crippen LogP contribution in [0, 0.1) is 6.92 Å². The molecular weight excluding hydrogens is 212 g/mol. The number of hydrogen-bond donors (Lipinski definition) is 0. The number of nitrogens with zero attached hydrogens (tertiary/aromatic N) is 2. The first-order valence-electron chi connectivity index (χ1n) is 6.09. The number of aldehydes is 1. The van der Waals surface area contributed by atoms with Gasteiger partial charge in [0.15, 0.2) is 6.29 Å². The smallest absolute Gasteiger partial charge is 0.152 e. The van der Waals surface area contributed by atoms with E-state index in [2.05, 4.69) is 36.9 Å². The van der Waals surface area contributed by atoms with Crippen molar-refractivity contribution in [3.05, 3.63) is 29.3 Å². The Kier molecular flexibility index (Phi) is 3.48. The molecule has 1 aliphatic rings. The summed E-state index contributed by atoms with van der Waals surface area (Å²) in [6.07, 6.45) is 2.12. The molecule has 0 amide bonds. The Labute approximate surface area is 103 Å². The molecule has 1 aliphatic heterocycles. The molecule has 0 aliphatic carbocycles. The monoisotopic (exact) mass is 232 g/mol. The van der Waals surface area contributed by atoms with Crippen LogP contribution in [0.3, 0.4) is 0 Å². The van der Waals surface area contributed by atoms with Crippen LogP contribution in [0.5, 0.6) is 0 Å². The Hall–Kier alpha value is -1.35. The molecule has 1 aromatic carbocycles. The van der Waals surface area contributed by atoms with Crippen LogP contribution >= 0.6 is 0 Å². The lowest BCUT2D eigenvalue weighted by atomic mass is 10.1. The first-order chi connectivity index (χ1) is 8.11. The number of aryl methyl sites for hydroxylation is 1. The molecule has 1 saturated heterocycles. The molecule has 2 rings (SSSR count). The average Bonchev–Trinajstić information content (AvgIpc) is 2.78. The molecule has 17 heavy (non-hydrogen) atoms. The molecular formula is C14H20N2O. The Morgan fingerprint density at radius 2 is 2.18 bits per heavy atom. The Bertz CT molecular complexity index is 415. The van der Waals surface area contributed by atoms with E-state index in [4.69, 9.17) is 0 Å². The van der Waals surface area contributed by atoms with Crippen LogP contribution < -0.4 is 4.90 Å². The molecule has 92 valence electrons. The summed E-state index contributed by atoms with van der Waals surface area (Å²) in [5.74, 6) is 0. The highest BCUT2D eigenvalue weighted by Crippen LogP contribution is 2.26. The predicted molar refractivity (Wildman–Crippen MR) is 70.9 cm³/mol. The van der Waals surface area contributed by atoms with Crippen molar-refractivity contribution in [2.24, 2.45) is 0 Å². The van der Waals surface area contributed by atoms with Crippen LogP contribution in [0.2, 0.25) is 0 Å². The maximum atomic E-state index is 11.1. The summed E-state index contributed by atoms with van der Waals surface area (Å²) in [5, 5.41) is 0. The van der Waals surface area contributed by atoms with Crippen molar-refractivity contribution in [2.75, 3.05) is 32.1 Å². The molecule has 1 fully saturated rings. The van der Waals surface area contributed by atoms with Crippen LogP contribution in [-0.4, -0.2) is 44.4 Å². The lowest BCUT2D eigenvalue weighted by molar-refractivity contribution is 0.112. The predicted octanol–water partition coefficient (Wildman–Crippen LogP) is 1.95. The van der Waals surface area contributed by atoms with E-state index in [1.54, 1.807) is 0 Å². The minimum atomic E-state index is 0.593. The highest BCUT2D eigenvalue weighted by atomic mass is 16.1. The van der Waals surface area contributed by atoms with E-state index in [9.17, 15) is 4.79 Å². The van der Waals surface area contributed by atoms with Crippen molar-refractivity contribution in [3.63, 3.8) is 0 Å². The van der Waals surface area contributed by atoms with Gasteiger partial charge >= 0.3 is 0 Å². The molecule has 0 spiro atoms. The molecule has 0 saturated carbocycles. The van der Waals surface area contributed by atoms with Gasteiger partial charge in [-0.1, -0.05) is 6.07 Å². The number of anilines is 1. The average molecular weight is 232 g/mol. The Balaban J connectivity index is 2.23. The summed E-state index contributed by atoms with van der Waals surface area (Å²) in [5.41, 5.74) is 3.10. The fourth-order valence-corrected chi connectivity index (χ4v) is 2.41. The second-order valence-corrected chi connectivity index (χ2v) is 5.03. The zero-order chi connectivity index (χ0) is 12.4. The van der Waals surface area contributed by atoms with Crippen LogP contribution in [0.25, 0.3) is 0 Å². The summed E-state index contributed by atoms with van der Waals surface area (Å²) in [6, 6.07) is 6.62. The number of carbonyl (C=O) groups excluding carboxylic acids is 1. The number of likely N-dealkylation sites (N-methyl/N-ethyl adjacent to an activating group) is 1. The third-order valence-electron chi connectivity index (χ3n) is 3.55. The van der Waals surface area contributed by atoms with Crippen LogP contribution in [0.1, 0.15) is 22.3 Å². The summed E-state index contributed by atoms with van der Waals surface area (Å²) in [4.78, 5) is 15.7. The van der Waals surface area contributed by atoms with E-state index >= 15 is 0 Å². The molecule has 0 unspecified atom stereocenters. The summed E-state index contributed by atoms with van der Waals surface area (Å²) < 4.78 is 0. The minimum Gasteiger partial charge on any atom is -0.369 e. The zero-order valence-corrected chi connectivity index (χ0v) is 10.8. The topological polar surface area (TPSA) is 23.6 Å². The SMILES string of the molecule is Cc1ccc(C=O)c(N2CC[C@H](N(C)C)C2)c1. The summed E-state index contributed by atoms with van der Waals surface area (Å²) >= 11 is 0. The third kappa shape index (κ3) is 2.50. The van der Waals surface area contributed by atoms with Crippen molar-refractivity contribution in [3.8, 4) is 0 Å². The Morgan fingerprint density at radius 1 is 1.41 bits per heavy atom. The number of hydrogen-bond acceptors (Lipinski definition) is 3. The number of benzene rings is 1. The minimum absolute atomic E-state index is 0.593. The van der Waals surface area contributed by atoms with E-state index in [1.807, 2.05) is 12.1 Å². The van der Waals surface area contributed by atoms with Crippen LogP contribution in [0.15, 0.2) is 18.2 Å². The fraction of sp³-hybridized carbons (Fsp3) is 0.500. The van der Waals surface area contributed by atoms with E-state index in [1.165, 1.54) is 12.0 Å². The molecule has 0 aromatic heterocycles. The lowest BCUT2D eigenvalue weighted by Gasteiger charge is -2.23. The van der Waals surface area contributed by atoms with Crippen molar-refractivity contribution < 1.29 is 4.79 Å². The van der Waals surface area contributed by atoms with Gasteiger partial charge in [0, 0.05) is 30.4 Å². The summed E-state index contributed by atoms with van der Waals surface area (Å²) in [7, 11) is 4.23. The lowest BCUT2D eigenvalue weighted by Crippen LogP contribution is -2.31. The van der Waals surface area contributed by atoms with Gasteiger partial charge in [-0.15, -0.1) is 0 Å². The molecule has 0 radical (unpaired) electrons. The van der Waals surface area contributed by atoms with Gasteiger partial charge in [0.25, 0.3) is 0 Å². The molecule has 1 aromatic rings. The maximum absolute atomic E-state index is 11.1. The molecule has 1 atom stereocenters. The molecule has 1 heterocycles. The van der Waals surface area contributed by atoms with Gasteiger partial charge in [-0.25, -0.2) is 0 Å². The van der Waals surface area contributed by atoms with E-state index in [-0.39, 0.29) is 0 Å². The molecule has 0 bridgehead atoms. The highest BCUT2D eigenvalue weighted by Gasteiger charge is 2.25. The molecule has 3 nitrogen and oxygen atoms in total. The Morgan fingerprint density at radius 3 is 2.76 bits per heavy atom. The van der Waals surface area contributed by atoms with Gasteiger partial charge in [0.05, 0.1) is 0 Å².